The highest BCUT2D eigenvalue weighted by atomic mass is 28.4. The van der Waals surface area contributed by atoms with Gasteiger partial charge >= 0.3 is 5.97 Å². The molecule has 2 atom stereocenters. The lowest BCUT2D eigenvalue weighted by Gasteiger charge is -2.41. The van der Waals surface area contributed by atoms with Crippen molar-refractivity contribution in [3.05, 3.63) is 0 Å². The average Bonchev–Trinajstić information content (AvgIpc) is 2.26. The molecule has 0 aromatic rings. The summed E-state index contributed by atoms with van der Waals surface area (Å²) in [6.07, 6.45) is 4.17. The van der Waals surface area contributed by atoms with Gasteiger partial charge in [-0.25, -0.2) is 0 Å². The molecule has 106 valence electrons. The smallest absolute Gasteiger partial charge is 0.308 e. The topological polar surface area (TPSA) is 35.5 Å². The average molecular weight is 272 g/mol. The first-order valence-electron chi connectivity index (χ1n) is 6.93. The molecule has 1 aliphatic rings. The molecule has 0 spiro atoms. The van der Waals surface area contributed by atoms with Gasteiger partial charge in [-0.05, 0) is 37.4 Å². The number of carbonyl (C=O) groups is 1. The molecule has 1 saturated carbocycles. The molecule has 0 amide bonds. The third kappa shape index (κ3) is 3.82. The summed E-state index contributed by atoms with van der Waals surface area (Å²) >= 11 is 0. The molecular weight excluding hydrogens is 244 g/mol. The van der Waals surface area contributed by atoms with Gasteiger partial charge in [0.2, 0.25) is 0 Å². The van der Waals surface area contributed by atoms with E-state index in [9.17, 15) is 4.79 Å². The maximum Gasteiger partial charge on any atom is 0.308 e. The van der Waals surface area contributed by atoms with E-state index in [1.54, 1.807) is 0 Å². The second-order valence-electron chi connectivity index (χ2n) is 6.89. The summed E-state index contributed by atoms with van der Waals surface area (Å²) in [5.74, 6) is -0.0305. The summed E-state index contributed by atoms with van der Waals surface area (Å²) in [7, 11) is -0.246. The molecule has 0 saturated heterocycles. The normalized spacial score (nSPS) is 25.9. The van der Waals surface area contributed by atoms with E-state index < -0.39 is 8.32 Å². The van der Waals surface area contributed by atoms with Crippen molar-refractivity contribution in [1.82, 2.24) is 0 Å². The minimum atomic E-state index is -1.72. The summed E-state index contributed by atoms with van der Waals surface area (Å²) in [6, 6.07) is 0. The van der Waals surface area contributed by atoms with Crippen LogP contribution in [0.15, 0.2) is 0 Å². The maximum atomic E-state index is 11.6. The van der Waals surface area contributed by atoms with E-state index in [-0.39, 0.29) is 23.0 Å². The molecule has 3 nitrogen and oxygen atoms in total. The first kappa shape index (κ1) is 15.7. The van der Waals surface area contributed by atoms with Crippen molar-refractivity contribution in [3.8, 4) is 0 Å². The quantitative estimate of drug-likeness (QED) is 0.580. The van der Waals surface area contributed by atoms with Gasteiger partial charge in [0.15, 0.2) is 8.32 Å². The lowest BCUT2D eigenvalue weighted by atomic mass is 9.87. The Morgan fingerprint density at radius 2 is 1.83 bits per heavy atom. The second-order valence-corrected chi connectivity index (χ2v) is 11.6. The van der Waals surface area contributed by atoms with E-state index >= 15 is 0 Å². The zero-order valence-corrected chi connectivity index (χ0v) is 13.7. The predicted molar refractivity (Wildman–Crippen MR) is 76.0 cm³/mol. The molecule has 1 rings (SSSR count). The van der Waals surface area contributed by atoms with Crippen LogP contribution in [0, 0.1) is 5.92 Å². The van der Waals surface area contributed by atoms with E-state index in [4.69, 9.17) is 9.16 Å². The van der Waals surface area contributed by atoms with Crippen molar-refractivity contribution in [3.63, 3.8) is 0 Å². The van der Waals surface area contributed by atoms with Crippen molar-refractivity contribution in [2.45, 2.75) is 70.7 Å². The van der Waals surface area contributed by atoms with E-state index in [2.05, 4.69) is 33.9 Å². The summed E-state index contributed by atoms with van der Waals surface area (Å²) in [4.78, 5) is 11.6. The minimum absolute atomic E-state index is 0.0403. The van der Waals surface area contributed by atoms with Gasteiger partial charge in [0, 0.05) is 6.10 Å². The van der Waals surface area contributed by atoms with Crippen molar-refractivity contribution >= 4 is 14.3 Å². The molecule has 0 aromatic carbocycles. The third-order valence-corrected chi connectivity index (χ3v) is 8.96. The minimum Gasteiger partial charge on any atom is -0.469 e. The molecule has 1 aliphatic carbocycles. The van der Waals surface area contributed by atoms with Crippen LogP contribution in [0.4, 0.5) is 0 Å². The highest BCUT2D eigenvalue weighted by Gasteiger charge is 2.40. The fraction of sp³-hybridized carbons (Fsp3) is 0.929. The van der Waals surface area contributed by atoms with Crippen LogP contribution in [-0.2, 0) is 14.0 Å². The summed E-state index contributed by atoms with van der Waals surface area (Å²) in [5.41, 5.74) is 0. The van der Waals surface area contributed by atoms with Gasteiger partial charge in [-0.3, -0.25) is 4.79 Å². The SMILES string of the molecule is COC(=O)[C@@H]1CCC[C@H](O[Si](C)(C)C(C)(C)C)C1. The van der Waals surface area contributed by atoms with Crippen LogP contribution in [0.25, 0.3) is 0 Å². The number of ether oxygens (including phenoxy) is 1. The molecule has 1 fully saturated rings. The van der Waals surface area contributed by atoms with Crippen molar-refractivity contribution in [2.75, 3.05) is 7.11 Å². The van der Waals surface area contributed by atoms with Crippen molar-refractivity contribution in [2.24, 2.45) is 5.92 Å². The first-order valence-corrected chi connectivity index (χ1v) is 9.84. The number of carbonyl (C=O) groups excluding carboxylic acids is 1. The summed E-state index contributed by atoms with van der Waals surface area (Å²) < 4.78 is 11.3. The maximum absolute atomic E-state index is 11.6. The van der Waals surface area contributed by atoms with E-state index in [1.807, 2.05) is 0 Å². The highest BCUT2D eigenvalue weighted by Crippen LogP contribution is 2.39. The zero-order chi connectivity index (χ0) is 14.0. The lowest BCUT2D eigenvalue weighted by Crippen LogP contribution is -2.45. The molecule has 0 bridgehead atoms. The Balaban J connectivity index is 2.60. The van der Waals surface area contributed by atoms with Crippen molar-refractivity contribution < 1.29 is 14.0 Å². The van der Waals surface area contributed by atoms with Gasteiger partial charge in [-0.1, -0.05) is 27.2 Å². The molecule has 0 aromatic heterocycles. The van der Waals surface area contributed by atoms with Crippen LogP contribution in [0.2, 0.25) is 18.1 Å². The van der Waals surface area contributed by atoms with Crippen LogP contribution in [0.3, 0.4) is 0 Å². The van der Waals surface area contributed by atoms with Crippen LogP contribution in [-0.4, -0.2) is 27.5 Å². The molecule has 0 N–H and O–H groups in total. The molecule has 0 unspecified atom stereocenters. The Labute approximate surface area is 112 Å². The van der Waals surface area contributed by atoms with Gasteiger partial charge in [0.05, 0.1) is 13.0 Å². The van der Waals surface area contributed by atoms with Crippen LogP contribution in [0.5, 0.6) is 0 Å². The number of esters is 1. The molecule has 0 aliphatic heterocycles. The standard InChI is InChI=1S/C14H28O3Si/c1-14(2,3)18(5,6)17-12-9-7-8-11(10-12)13(15)16-4/h11-12H,7-10H2,1-6H3/t11-,12+/m1/s1. The Kier molecular flexibility index (Phi) is 5.01. The number of hydrogen-bond acceptors (Lipinski definition) is 3. The highest BCUT2D eigenvalue weighted by molar-refractivity contribution is 6.74. The van der Waals surface area contributed by atoms with E-state index in [0.717, 1.165) is 25.7 Å². The second kappa shape index (κ2) is 5.74. The number of methoxy groups -OCH3 is 1. The monoisotopic (exact) mass is 272 g/mol. The fourth-order valence-corrected chi connectivity index (χ4v) is 3.63. The Morgan fingerprint density at radius 1 is 1.22 bits per heavy atom. The van der Waals surface area contributed by atoms with Crippen LogP contribution in [0.1, 0.15) is 46.5 Å². The number of rotatable bonds is 3. The van der Waals surface area contributed by atoms with Gasteiger partial charge < -0.3 is 9.16 Å². The van der Waals surface area contributed by atoms with Gasteiger partial charge in [0.1, 0.15) is 0 Å². The molecule has 0 radical (unpaired) electrons. The molecule has 0 heterocycles. The fourth-order valence-electron chi connectivity index (χ4n) is 2.23. The van der Waals surface area contributed by atoms with Crippen LogP contribution < -0.4 is 0 Å². The van der Waals surface area contributed by atoms with E-state index in [0.29, 0.717) is 0 Å². The lowest BCUT2D eigenvalue weighted by molar-refractivity contribution is -0.147. The molecule has 4 heteroatoms. The first-order chi connectivity index (χ1) is 8.17. The predicted octanol–water partition coefficient (Wildman–Crippen LogP) is 3.74. The molecular formula is C14H28O3Si. The summed E-state index contributed by atoms with van der Waals surface area (Å²) in [6.45, 7) is 11.3. The third-order valence-electron chi connectivity index (χ3n) is 4.43. The largest absolute Gasteiger partial charge is 0.469 e. The zero-order valence-electron chi connectivity index (χ0n) is 12.7. The van der Waals surface area contributed by atoms with Crippen molar-refractivity contribution in [1.29, 1.82) is 0 Å². The Bertz CT molecular complexity index is 294. The Hall–Kier alpha value is -0.353. The Morgan fingerprint density at radius 3 is 2.33 bits per heavy atom. The van der Waals surface area contributed by atoms with E-state index in [1.165, 1.54) is 7.11 Å². The van der Waals surface area contributed by atoms with Gasteiger partial charge in [-0.15, -0.1) is 0 Å². The number of hydrogen-bond donors (Lipinski definition) is 0. The van der Waals surface area contributed by atoms with Crippen LogP contribution >= 0.6 is 0 Å². The summed E-state index contributed by atoms with van der Waals surface area (Å²) in [5, 5.41) is 0.227. The van der Waals surface area contributed by atoms with Gasteiger partial charge in [-0.2, -0.15) is 0 Å². The van der Waals surface area contributed by atoms with Gasteiger partial charge in [0.25, 0.3) is 0 Å². The molecule has 18 heavy (non-hydrogen) atoms.